The predicted octanol–water partition coefficient (Wildman–Crippen LogP) is 2.61. The molecule has 1 aromatic rings. The summed E-state index contributed by atoms with van der Waals surface area (Å²) in [6, 6.07) is 4.25. The lowest BCUT2D eigenvalue weighted by molar-refractivity contribution is 0.632. The van der Waals surface area contributed by atoms with Crippen molar-refractivity contribution in [3.63, 3.8) is 0 Å². The summed E-state index contributed by atoms with van der Waals surface area (Å²) in [5, 5.41) is 3.09. The molecular formula is C10H13ClFN3. The highest BCUT2D eigenvalue weighted by Gasteiger charge is 2.03. The first-order chi connectivity index (χ1) is 6.99. The minimum absolute atomic E-state index is 0.0553. The number of nitrogens with one attached hydrogen (secondary N) is 1. The fourth-order valence-electron chi connectivity index (χ4n) is 1.04. The molecule has 15 heavy (non-hydrogen) atoms. The second-order valence-electron chi connectivity index (χ2n) is 3.36. The number of halogens is 2. The van der Waals surface area contributed by atoms with Crippen molar-refractivity contribution in [2.75, 3.05) is 5.32 Å². The van der Waals surface area contributed by atoms with Crippen LogP contribution in [0.25, 0.3) is 0 Å². The summed E-state index contributed by atoms with van der Waals surface area (Å²) in [7, 11) is 0. The number of anilines is 1. The first-order valence-corrected chi connectivity index (χ1v) is 4.92. The van der Waals surface area contributed by atoms with Crippen LogP contribution in [0, 0.1) is 5.82 Å². The van der Waals surface area contributed by atoms with E-state index in [0.29, 0.717) is 5.02 Å². The van der Waals surface area contributed by atoms with Crippen molar-refractivity contribution in [2.24, 2.45) is 10.7 Å². The number of benzene rings is 1. The number of aliphatic imine (C=N–C) groups is 1. The molecule has 0 saturated heterocycles. The molecule has 0 radical (unpaired) electrons. The zero-order chi connectivity index (χ0) is 11.4. The zero-order valence-corrected chi connectivity index (χ0v) is 9.35. The molecule has 0 unspecified atom stereocenters. The van der Waals surface area contributed by atoms with Crippen LogP contribution < -0.4 is 11.1 Å². The third-order valence-corrected chi connectivity index (χ3v) is 1.82. The van der Waals surface area contributed by atoms with Gasteiger partial charge in [-0.1, -0.05) is 11.6 Å². The van der Waals surface area contributed by atoms with Gasteiger partial charge in [-0.05, 0) is 32.0 Å². The second kappa shape index (κ2) is 4.98. The number of nitrogens with two attached hydrogens (primary N) is 1. The Labute approximate surface area is 93.1 Å². The molecule has 82 valence electrons. The van der Waals surface area contributed by atoms with Crippen molar-refractivity contribution < 1.29 is 4.39 Å². The Morgan fingerprint density at radius 2 is 2.20 bits per heavy atom. The fraction of sp³-hybridized carbons (Fsp3) is 0.300. The van der Waals surface area contributed by atoms with Crippen LogP contribution in [0.3, 0.4) is 0 Å². The summed E-state index contributed by atoms with van der Waals surface area (Å²) in [4.78, 5) is 4.02. The predicted molar refractivity (Wildman–Crippen MR) is 61.8 cm³/mol. The van der Waals surface area contributed by atoms with Gasteiger partial charge < -0.3 is 11.1 Å². The monoisotopic (exact) mass is 229 g/mol. The Hall–Kier alpha value is -1.29. The van der Waals surface area contributed by atoms with E-state index in [2.05, 4.69) is 10.3 Å². The van der Waals surface area contributed by atoms with Crippen molar-refractivity contribution in [1.82, 2.24) is 0 Å². The van der Waals surface area contributed by atoms with Gasteiger partial charge >= 0.3 is 0 Å². The van der Waals surface area contributed by atoms with Crippen LogP contribution in [0.5, 0.6) is 0 Å². The van der Waals surface area contributed by atoms with Crippen LogP contribution in [0.4, 0.5) is 10.1 Å². The van der Waals surface area contributed by atoms with Crippen LogP contribution in [0.2, 0.25) is 5.02 Å². The lowest BCUT2D eigenvalue weighted by atomic mass is 10.3. The lowest BCUT2D eigenvalue weighted by Gasteiger charge is -2.08. The number of hydrogen-bond donors (Lipinski definition) is 2. The maximum Gasteiger partial charge on any atom is 0.193 e. The second-order valence-corrected chi connectivity index (χ2v) is 3.79. The zero-order valence-electron chi connectivity index (χ0n) is 8.59. The summed E-state index contributed by atoms with van der Waals surface area (Å²) >= 11 is 5.72. The average molecular weight is 230 g/mol. The molecular weight excluding hydrogens is 217 g/mol. The van der Waals surface area contributed by atoms with Gasteiger partial charge in [0.25, 0.3) is 0 Å². The van der Waals surface area contributed by atoms with Gasteiger partial charge in [0.05, 0.1) is 5.69 Å². The summed E-state index contributed by atoms with van der Waals surface area (Å²) in [6.07, 6.45) is 0. The summed E-state index contributed by atoms with van der Waals surface area (Å²) in [5.74, 6) is -0.243. The van der Waals surface area contributed by atoms with E-state index >= 15 is 0 Å². The van der Waals surface area contributed by atoms with Gasteiger partial charge in [0.1, 0.15) is 5.82 Å². The van der Waals surface area contributed by atoms with Crippen LogP contribution in [0.1, 0.15) is 13.8 Å². The number of guanidine groups is 1. The van der Waals surface area contributed by atoms with Crippen molar-refractivity contribution in [3.05, 3.63) is 29.0 Å². The maximum atomic E-state index is 13.2. The van der Waals surface area contributed by atoms with Crippen molar-refractivity contribution in [3.8, 4) is 0 Å². The van der Waals surface area contributed by atoms with E-state index in [1.54, 1.807) is 0 Å². The van der Waals surface area contributed by atoms with Crippen LogP contribution in [-0.4, -0.2) is 12.0 Å². The highest BCUT2D eigenvalue weighted by Crippen LogP contribution is 2.19. The van der Waals surface area contributed by atoms with Gasteiger partial charge in [-0.15, -0.1) is 0 Å². The Morgan fingerprint density at radius 3 is 2.80 bits per heavy atom. The number of nitrogens with zero attached hydrogens (tertiary/aromatic N) is 1. The minimum Gasteiger partial charge on any atom is -0.370 e. The quantitative estimate of drug-likeness (QED) is 0.605. The lowest BCUT2D eigenvalue weighted by Crippen LogP contribution is -2.24. The van der Waals surface area contributed by atoms with Crippen molar-refractivity contribution >= 4 is 23.2 Å². The molecule has 0 spiro atoms. The molecule has 1 rings (SSSR count). The van der Waals surface area contributed by atoms with E-state index < -0.39 is 5.82 Å². The van der Waals surface area contributed by atoms with Crippen molar-refractivity contribution in [1.29, 1.82) is 0 Å². The Balaban J connectivity index is 2.85. The van der Waals surface area contributed by atoms with E-state index in [0.717, 1.165) is 0 Å². The summed E-state index contributed by atoms with van der Waals surface area (Å²) < 4.78 is 13.2. The largest absolute Gasteiger partial charge is 0.370 e. The third kappa shape index (κ3) is 3.75. The molecule has 5 heteroatoms. The first-order valence-electron chi connectivity index (χ1n) is 4.54. The topological polar surface area (TPSA) is 50.4 Å². The Bertz CT molecular complexity index is 377. The molecule has 0 saturated carbocycles. The maximum absolute atomic E-state index is 13.2. The van der Waals surface area contributed by atoms with Crippen LogP contribution in [0.15, 0.2) is 23.2 Å². The molecule has 0 amide bonds. The van der Waals surface area contributed by atoms with Crippen LogP contribution in [-0.2, 0) is 0 Å². The molecule has 0 aliphatic rings. The molecule has 0 aliphatic heterocycles. The van der Waals surface area contributed by atoms with E-state index in [4.69, 9.17) is 17.3 Å². The minimum atomic E-state index is -0.415. The molecule has 1 aromatic carbocycles. The Morgan fingerprint density at radius 1 is 1.53 bits per heavy atom. The summed E-state index contributed by atoms with van der Waals surface area (Å²) in [5.41, 5.74) is 5.78. The molecule has 0 heterocycles. The smallest absolute Gasteiger partial charge is 0.193 e. The first kappa shape index (κ1) is 11.8. The molecule has 0 aromatic heterocycles. The number of rotatable bonds is 2. The average Bonchev–Trinajstić information content (AvgIpc) is 2.10. The van der Waals surface area contributed by atoms with Gasteiger partial charge in [0.2, 0.25) is 0 Å². The standard InChI is InChI=1S/C10H13ClFN3/c1-6(2)14-10(13)15-9-5-7(11)3-4-8(9)12/h3-6H,1-2H3,(H3,13,14,15). The molecule has 3 nitrogen and oxygen atoms in total. The van der Waals surface area contributed by atoms with Gasteiger partial charge in [0.15, 0.2) is 5.96 Å². The van der Waals surface area contributed by atoms with E-state index in [-0.39, 0.29) is 17.7 Å². The molecule has 0 atom stereocenters. The highest BCUT2D eigenvalue weighted by atomic mass is 35.5. The SMILES string of the molecule is CC(C)N=C(N)Nc1cc(Cl)ccc1F. The highest BCUT2D eigenvalue weighted by molar-refractivity contribution is 6.30. The van der Waals surface area contributed by atoms with Gasteiger partial charge in [-0.25, -0.2) is 4.39 Å². The molecule has 3 N–H and O–H groups in total. The van der Waals surface area contributed by atoms with E-state index in [9.17, 15) is 4.39 Å². The van der Waals surface area contributed by atoms with E-state index in [1.165, 1.54) is 18.2 Å². The van der Waals surface area contributed by atoms with E-state index in [1.807, 2.05) is 13.8 Å². The van der Waals surface area contributed by atoms with Gasteiger partial charge in [0, 0.05) is 11.1 Å². The van der Waals surface area contributed by atoms with Crippen molar-refractivity contribution in [2.45, 2.75) is 19.9 Å². The molecule has 0 fully saturated rings. The van der Waals surface area contributed by atoms with Gasteiger partial charge in [-0.3, -0.25) is 4.99 Å². The molecule has 0 bridgehead atoms. The van der Waals surface area contributed by atoms with Gasteiger partial charge in [-0.2, -0.15) is 0 Å². The third-order valence-electron chi connectivity index (χ3n) is 1.59. The fourth-order valence-corrected chi connectivity index (χ4v) is 1.21. The Kier molecular flexibility index (Phi) is 3.91. The normalized spacial score (nSPS) is 11.9. The number of hydrogen-bond acceptors (Lipinski definition) is 1. The molecule has 0 aliphatic carbocycles. The van der Waals surface area contributed by atoms with Crippen LogP contribution >= 0.6 is 11.6 Å². The summed E-state index contributed by atoms with van der Waals surface area (Å²) in [6.45, 7) is 3.76.